The molecule has 4 aromatic rings. The third-order valence-corrected chi connectivity index (χ3v) is 5.96. The molecule has 174 valence electrons. The molecule has 0 saturated heterocycles. The number of carbonyl (C=O) groups is 1. The first-order chi connectivity index (χ1) is 16.4. The Morgan fingerprint density at radius 2 is 2.03 bits per heavy atom. The van der Waals surface area contributed by atoms with E-state index in [9.17, 15) is 4.79 Å². The normalized spacial score (nSPS) is 14.0. The van der Waals surface area contributed by atoms with E-state index in [1.54, 1.807) is 41.1 Å². The summed E-state index contributed by atoms with van der Waals surface area (Å²) >= 11 is 0. The van der Waals surface area contributed by atoms with Gasteiger partial charge >= 0.3 is 0 Å². The number of halogens is 1. The van der Waals surface area contributed by atoms with E-state index >= 15 is 4.39 Å². The monoisotopic (exact) mass is 460 g/mol. The molecule has 1 atom stereocenters. The Morgan fingerprint density at radius 1 is 1.18 bits per heavy atom. The van der Waals surface area contributed by atoms with Crippen LogP contribution >= 0.6 is 0 Å². The van der Waals surface area contributed by atoms with Crippen molar-refractivity contribution in [2.24, 2.45) is 7.05 Å². The lowest BCUT2D eigenvalue weighted by Gasteiger charge is -2.17. The molecule has 0 aliphatic carbocycles. The number of nitrogens with zero attached hydrogens (tertiary/aromatic N) is 4. The number of amides is 1. The summed E-state index contributed by atoms with van der Waals surface area (Å²) in [5, 5.41) is 5.42. The molecular formula is C26H25FN4O3. The van der Waals surface area contributed by atoms with E-state index < -0.39 is 0 Å². The maximum absolute atomic E-state index is 15.2. The van der Waals surface area contributed by atoms with Gasteiger partial charge in [-0.05, 0) is 48.4 Å². The molecule has 0 saturated carbocycles. The molecule has 2 aromatic heterocycles. The number of fused-ring (bicyclic) bond motifs is 2. The number of aryl methyl sites for hydroxylation is 1. The first kappa shape index (κ1) is 22.0. The second-order valence-electron chi connectivity index (χ2n) is 8.53. The van der Waals surface area contributed by atoms with Gasteiger partial charge in [0.25, 0.3) is 5.91 Å². The largest absolute Gasteiger partial charge is 0.486 e. The Labute approximate surface area is 196 Å². The van der Waals surface area contributed by atoms with Gasteiger partial charge in [0.2, 0.25) is 0 Å². The number of carbonyl (C=O) groups excluding carboxylic acids is 1. The molecule has 0 spiro atoms. The summed E-state index contributed by atoms with van der Waals surface area (Å²) in [6, 6.07) is 12.4. The minimum absolute atomic E-state index is 0.123. The van der Waals surface area contributed by atoms with Crippen LogP contribution in [0.2, 0.25) is 0 Å². The molecule has 1 aliphatic heterocycles. The van der Waals surface area contributed by atoms with Crippen molar-refractivity contribution >= 4 is 16.8 Å². The average Bonchev–Trinajstić information content (AvgIpc) is 3.36. The number of hydrogen-bond acceptors (Lipinski definition) is 5. The van der Waals surface area contributed by atoms with E-state index in [-0.39, 0.29) is 24.4 Å². The predicted octanol–water partition coefficient (Wildman–Crippen LogP) is 4.34. The SMILES string of the molecule is COC[C@H](C)Oc1ccc(-c2ccc(CN3Cc4ncccc4C3=O)c(F)c2)c2cn(C)nc12. The Bertz CT molecular complexity index is 1380. The molecule has 34 heavy (non-hydrogen) atoms. The number of aromatic nitrogens is 3. The lowest BCUT2D eigenvalue weighted by atomic mass is 9.99. The summed E-state index contributed by atoms with van der Waals surface area (Å²) in [4.78, 5) is 18.5. The van der Waals surface area contributed by atoms with Gasteiger partial charge in [0.1, 0.15) is 23.2 Å². The molecule has 0 bridgehead atoms. The lowest BCUT2D eigenvalue weighted by molar-refractivity contribution is 0.0765. The van der Waals surface area contributed by atoms with Crippen LogP contribution in [0.25, 0.3) is 22.0 Å². The highest BCUT2D eigenvalue weighted by molar-refractivity contribution is 5.98. The average molecular weight is 461 g/mol. The number of pyridine rings is 1. The number of methoxy groups -OCH3 is 1. The molecule has 7 nitrogen and oxygen atoms in total. The minimum Gasteiger partial charge on any atom is -0.486 e. The second-order valence-corrected chi connectivity index (χ2v) is 8.53. The van der Waals surface area contributed by atoms with Gasteiger partial charge in [0.15, 0.2) is 0 Å². The number of ether oxygens (including phenoxy) is 2. The van der Waals surface area contributed by atoms with Gasteiger partial charge in [0.05, 0.1) is 24.4 Å². The summed E-state index contributed by atoms with van der Waals surface area (Å²) in [5.41, 5.74) is 4.06. The van der Waals surface area contributed by atoms with E-state index in [4.69, 9.17) is 9.47 Å². The Morgan fingerprint density at radius 3 is 2.79 bits per heavy atom. The van der Waals surface area contributed by atoms with Crippen LogP contribution < -0.4 is 4.74 Å². The highest BCUT2D eigenvalue weighted by Gasteiger charge is 2.28. The van der Waals surface area contributed by atoms with Crippen molar-refractivity contribution in [1.82, 2.24) is 19.7 Å². The van der Waals surface area contributed by atoms with Crippen LogP contribution in [0.5, 0.6) is 5.75 Å². The smallest absolute Gasteiger partial charge is 0.256 e. The van der Waals surface area contributed by atoms with Crippen molar-refractivity contribution in [3.05, 3.63) is 77.5 Å². The summed E-state index contributed by atoms with van der Waals surface area (Å²) in [5.74, 6) is 0.170. The van der Waals surface area contributed by atoms with Crippen LogP contribution in [0.4, 0.5) is 4.39 Å². The second kappa shape index (κ2) is 8.87. The minimum atomic E-state index is -0.361. The Balaban J connectivity index is 1.43. The molecule has 1 aliphatic rings. The van der Waals surface area contributed by atoms with E-state index in [0.29, 0.717) is 35.5 Å². The molecule has 8 heteroatoms. The fourth-order valence-corrected chi connectivity index (χ4v) is 4.39. The maximum Gasteiger partial charge on any atom is 0.256 e. The van der Waals surface area contributed by atoms with E-state index in [2.05, 4.69) is 10.1 Å². The zero-order chi connectivity index (χ0) is 23.8. The van der Waals surface area contributed by atoms with Crippen LogP contribution in [-0.4, -0.2) is 45.4 Å². The van der Waals surface area contributed by atoms with Gasteiger partial charge < -0.3 is 14.4 Å². The highest BCUT2D eigenvalue weighted by Crippen LogP contribution is 2.35. The Kier molecular flexibility index (Phi) is 5.75. The molecular weight excluding hydrogens is 435 g/mol. The summed E-state index contributed by atoms with van der Waals surface area (Å²) in [7, 11) is 3.47. The van der Waals surface area contributed by atoms with Crippen molar-refractivity contribution in [1.29, 1.82) is 0 Å². The summed E-state index contributed by atoms with van der Waals surface area (Å²) in [6.45, 7) is 2.96. The fraction of sp³-hybridized carbons (Fsp3) is 0.269. The van der Waals surface area contributed by atoms with Crippen molar-refractivity contribution in [3.63, 3.8) is 0 Å². The predicted molar refractivity (Wildman–Crippen MR) is 126 cm³/mol. The third kappa shape index (κ3) is 4.01. The fourth-order valence-electron chi connectivity index (χ4n) is 4.39. The van der Waals surface area contributed by atoms with Gasteiger partial charge in [-0.15, -0.1) is 0 Å². The lowest BCUT2D eigenvalue weighted by Crippen LogP contribution is -2.23. The topological polar surface area (TPSA) is 69.5 Å². The van der Waals surface area contributed by atoms with Crippen LogP contribution in [-0.2, 0) is 24.9 Å². The van der Waals surface area contributed by atoms with Gasteiger partial charge in [0, 0.05) is 44.0 Å². The first-order valence-electron chi connectivity index (χ1n) is 11.1. The van der Waals surface area contributed by atoms with Crippen molar-refractivity contribution in [2.45, 2.75) is 26.1 Å². The quantitative estimate of drug-likeness (QED) is 0.410. The van der Waals surface area contributed by atoms with E-state index in [0.717, 1.165) is 22.2 Å². The van der Waals surface area contributed by atoms with Crippen molar-refractivity contribution in [2.75, 3.05) is 13.7 Å². The Hall–Kier alpha value is -3.78. The van der Waals surface area contributed by atoms with Gasteiger partial charge in [-0.1, -0.05) is 12.1 Å². The zero-order valence-corrected chi connectivity index (χ0v) is 19.3. The van der Waals surface area contributed by atoms with Crippen molar-refractivity contribution in [3.8, 4) is 16.9 Å². The van der Waals surface area contributed by atoms with E-state index in [1.807, 2.05) is 38.4 Å². The molecule has 2 aromatic carbocycles. The summed E-state index contributed by atoms with van der Waals surface area (Å²) in [6.07, 6.45) is 3.43. The summed E-state index contributed by atoms with van der Waals surface area (Å²) < 4.78 is 28.1. The van der Waals surface area contributed by atoms with Crippen LogP contribution in [0.15, 0.2) is 54.9 Å². The van der Waals surface area contributed by atoms with E-state index in [1.165, 1.54) is 6.07 Å². The molecule has 0 unspecified atom stereocenters. The van der Waals surface area contributed by atoms with Crippen LogP contribution in [0.3, 0.4) is 0 Å². The standard InChI is InChI=1S/C26H25FN4O3/c1-16(15-33-3)34-24-9-8-19(21-13-30(2)29-25(21)24)17-6-7-18(22(27)11-17)12-31-14-23-20(26(31)32)5-4-10-28-23/h4-11,13,16H,12,14-15H2,1-3H3/t16-/m0/s1. The van der Waals surface area contributed by atoms with Crippen LogP contribution in [0.1, 0.15) is 28.5 Å². The molecule has 5 rings (SSSR count). The zero-order valence-electron chi connectivity index (χ0n) is 19.3. The molecule has 0 N–H and O–H groups in total. The van der Waals surface area contributed by atoms with Gasteiger partial charge in [-0.3, -0.25) is 14.5 Å². The van der Waals surface area contributed by atoms with Crippen LogP contribution in [0, 0.1) is 5.82 Å². The highest BCUT2D eigenvalue weighted by atomic mass is 19.1. The maximum atomic E-state index is 15.2. The van der Waals surface area contributed by atoms with Crippen molar-refractivity contribution < 1.29 is 18.7 Å². The third-order valence-electron chi connectivity index (χ3n) is 5.96. The van der Waals surface area contributed by atoms with Gasteiger partial charge in [-0.25, -0.2) is 4.39 Å². The molecule has 1 amide bonds. The number of rotatable bonds is 7. The first-order valence-corrected chi connectivity index (χ1v) is 11.1. The molecule has 3 heterocycles. The van der Waals surface area contributed by atoms with Gasteiger partial charge in [-0.2, -0.15) is 5.10 Å². The molecule has 0 fully saturated rings. The number of benzene rings is 2. The molecule has 0 radical (unpaired) electrons. The number of hydrogen-bond donors (Lipinski definition) is 0.